The maximum atomic E-state index is 13.1. The topological polar surface area (TPSA) is 41.1 Å². The third-order valence-corrected chi connectivity index (χ3v) is 4.32. The Hall–Kier alpha value is -3.14. The van der Waals surface area contributed by atoms with Gasteiger partial charge < -0.3 is 10.6 Å². The van der Waals surface area contributed by atoms with E-state index >= 15 is 0 Å². The van der Waals surface area contributed by atoms with Crippen LogP contribution in [0, 0.1) is 19.7 Å². The zero-order chi connectivity index (χ0) is 18.5. The van der Waals surface area contributed by atoms with Crippen LogP contribution in [0.4, 0.5) is 15.8 Å². The van der Waals surface area contributed by atoms with E-state index in [0.29, 0.717) is 5.69 Å². The number of aryl methyl sites for hydroxylation is 2. The second kappa shape index (κ2) is 7.83. The van der Waals surface area contributed by atoms with Gasteiger partial charge in [-0.3, -0.25) is 4.79 Å². The fourth-order valence-corrected chi connectivity index (χ4v) is 2.69. The first-order valence-electron chi connectivity index (χ1n) is 8.48. The van der Waals surface area contributed by atoms with E-state index in [1.54, 1.807) is 12.1 Å². The highest BCUT2D eigenvalue weighted by molar-refractivity contribution is 5.97. The first-order valence-corrected chi connectivity index (χ1v) is 8.48. The third kappa shape index (κ3) is 4.28. The lowest BCUT2D eigenvalue weighted by molar-refractivity contribution is -0.117. The van der Waals surface area contributed by atoms with Crippen molar-refractivity contribution >= 4 is 17.3 Å². The fraction of sp³-hybridized carbons (Fsp3) is 0.136. The lowest BCUT2D eigenvalue weighted by Gasteiger charge is -2.20. The summed E-state index contributed by atoms with van der Waals surface area (Å²) >= 11 is 0. The first-order chi connectivity index (χ1) is 12.5. The number of carbonyl (C=O) groups is 1. The predicted octanol–water partition coefficient (Wildman–Crippen LogP) is 5.23. The van der Waals surface area contributed by atoms with Crippen molar-refractivity contribution in [3.8, 4) is 0 Å². The largest absolute Gasteiger partial charge is 0.370 e. The van der Waals surface area contributed by atoms with Crippen molar-refractivity contribution in [3.63, 3.8) is 0 Å². The summed E-state index contributed by atoms with van der Waals surface area (Å²) in [6.07, 6.45) is 0. The molecule has 0 bridgehead atoms. The van der Waals surface area contributed by atoms with Gasteiger partial charge in [-0.05, 0) is 66.9 Å². The van der Waals surface area contributed by atoms with Gasteiger partial charge in [0.25, 0.3) is 5.91 Å². The van der Waals surface area contributed by atoms with Crippen LogP contribution in [0.1, 0.15) is 22.7 Å². The number of amides is 1. The van der Waals surface area contributed by atoms with E-state index < -0.39 is 6.04 Å². The maximum absolute atomic E-state index is 13.1. The molecule has 26 heavy (non-hydrogen) atoms. The molecule has 3 nitrogen and oxygen atoms in total. The average Bonchev–Trinajstić information content (AvgIpc) is 2.65. The molecule has 0 aliphatic rings. The van der Waals surface area contributed by atoms with Crippen molar-refractivity contribution in [2.24, 2.45) is 0 Å². The minimum atomic E-state index is -0.566. The molecule has 0 aromatic heterocycles. The predicted molar refractivity (Wildman–Crippen MR) is 104 cm³/mol. The van der Waals surface area contributed by atoms with E-state index in [1.165, 1.54) is 17.7 Å². The molecular weight excluding hydrogens is 327 g/mol. The molecule has 0 aliphatic heterocycles. The minimum absolute atomic E-state index is 0.207. The highest BCUT2D eigenvalue weighted by atomic mass is 19.1. The number of halogens is 1. The molecule has 1 atom stereocenters. The van der Waals surface area contributed by atoms with Gasteiger partial charge in [0.05, 0.1) is 0 Å². The van der Waals surface area contributed by atoms with Gasteiger partial charge in [0.1, 0.15) is 11.9 Å². The van der Waals surface area contributed by atoms with Crippen LogP contribution in [0.5, 0.6) is 0 Å². The SMILES string of the molecule is Cc1ccc(NC(C(=O)Nc2ccc(F)cc2)c2ccccc2)cc1C. The summed E-state index contributed by atoms with van der Waals surface area (Å²) < 4.78 is 13.1. The third-order valence-electron chi connectivity index (χ3n) is 4.32. The number of benzene rings is 3. The van der Waals surface area contributed by atoms with Crippen molar-refractivity contribution in [1.82, 2.24) is 0 Å². The van der Waals surface area contributed by atoms with E-state index in [4.69, 9.17) is 0 Å². The van der Waals surface area contributed by atoms with Crippen LogP contribution in [0.2, 0.25) is 0 Å². The Morgan fingerprint density at radius 3 is 2.15 bits per heavy atom. The average molecular weight is 348 g/mol. The molecule has 3 aromatic carbocycles. The Bertz CT molecular complexity index is 892. The lowest BCUT2D eigenvalue weighted by atomic mass is 10.0. The standard InChI is InChI=1S/C22H21FN2O/c1-15-8-11-20(14-16(15)2)24-21(17-6-4-3-5-7-17)22(26)25-19-12-9-18(23)10-13-19/h3-14,21,24H,1-2H3,(H,25,26). The molecule has 0 heterocycles. The van der Waals surface area contributed by atoms with E-state index in [2.05, 4.69) is 17.6 Å². The Morgan fingerprint density at radius 1 is 0.846 bits per heavy atom. The van der Waals surface area contributed by atoms with Gasteiger partial charge >= 0.3 is 0 Å². The van der Waals surface area contributed by atoms with Crippen molar-refractivity contribution < 1.29 is 9.18 Å². The molecule has 0 fully saturated rings. The highest BCUT2D eigenvalue weighted by Gasteiger charge is 2.20. The van der Waals surface area contributed by atoms with Gasteiger partial charge in [-0.25, -0.2) is 4.39 Å². The zero-order valence-electron chi connectivity index (χ0n) is 14.8. The molecule has 0 saturated carbocycles. The summed E-state index contributed by atoms with van der Waals surface area (Å²) in [4.78, 5) is 12.9. The second-order valence-corrected chi connectivity index (χ2v) is 6.28. The number of rotatable bonds is 5. The molecule has 2 N–H and O–H groups in total. The second-order valence-electron chi connectivity index (χ2n) is 6.28. The molecule has 1 amide bonds. The van der Waals surface area contributed by atoms with E-state index in [1.807, 2.05) is 55.5 Å². The van der Waals surface area contributed by atoms with E-state index in [0.717, 1.165) is 16.8 Å². The normalized spacial score (nSPS) is 11.7. The van der Waals surface area contributed by atoms with Crippen molar-refractivity contribution in [2.75, 3.05) is 10.6 Å². The van der Waals surface area contributed by atoms with Crippen molar-refractivity contribution in [2.45, 2.75) is 19.9 Å². The smallest absolute Gasteiger partial charge is 0.251 e. The number of nitrogens with one attached hydrogen (secondary N) is 2. The van der Waals surface area contributed by atoms with Crippen LogP contribution in [-0.4, -0.2) is 5.91 Å². The summed E-state index contributed by atoms with van der Waals surface area (Å²) in [5.74, 6) is -0.545. The van der Waals surface area contributed by atoms with Gasteiger partial charge in [0.15, 0.2) is 0 Å². The van der Waals surface area contributed by atoms with E-state index in [9.17, 15) is 9.18 Å². The summed E-state index contributed by atoms with van der Waals surface area (Å²) in [5.41, 5.74) is 4.63. The molecule has 0 aliphatic carbocycles. The zero-order valence-corrected chi connectivity index (χ0v) is 14.8. The number of anilines is 2. The number of carbonyl (C=O) groups excluding carboxylic acids is 1. The molecule has 0 saturated heterocycles. The van der Waals surface area contributed by atoms with Gasteiger partial charge in [0.2, 0.25) is 0 Å². The first kappa shape index (κ1) is 17.7. The number of hydrogen-bond acceptors (Lipinski definition) is 2. The van der Waals surface area contributed by atoms with Crippen LogP contribution in [0.3, 0.4) is 0 Å². The van der Waals surface area contributed by atoms with E-state index in [-0.39, 0.29) is 11.7 Å². The molecule has 4 heteroatoms. The molecule has 0 radical (unpaired) electrons. The minimum Gasteiger partial charge on any atom is -0.370 e. The quantitative estimate of drug-likeness (QED) is 0.662. The summed E-state index contributed by atoms with van der Waals surface area (Å²) in [6, 6.07) is 20.7. The molecule has 3 rings (SSSR count). The van der Waals surface area contributed by atoms with Crippen LogP contribution >= 0.6 is 0 Å². The van der Waals surface area contributed by atoms with Crippen LogP contribution in [-0.2, 0) is 4.79 Å². The Kier molecular flexibility index (Phi) is 5.32. The van der Waals surface area contributed by atoms with Gasteiger partial charge in [0, 0.05) is 11.4 Å². The number of hydrogen-bond donors (Lipinski definition) is 2. The van der Waals surface area contributed by atoms with Gasteiger partial charge in [-0.1, -0.05) is 36.4 Å². The van der Waals surface area contributed by atoms with Crippen molar-refractivity contribution in [1.29, 1.82) is 0 Å². The maximum Gasteiger partial charge on any atom is 0.251 e. The van der Waals surface area contributed by atoms with Crippen molar-refractivity contribution in [3.05, 3.63) is 95.3 Å². The van der Waals surface area contributed by atoms with Crippen LogP contribution < -0.4 is 10.6 Å². The van der Waals surface area contributed by atoms with Crippen LogP contribution in [0.15, 0.2) is 72.8 Å². The summed E-state index contributed by atoms with van der Waals surface area (Å²) in [7, 11) is 0. The molecule has 0 spiro atoms. The Morgan fingerprint density at radius 2 is 1.50 bits per heavy atom. The molecule has 1 unspecified atom stereocenters. The van der Waals surface area contributed by atoms with Gasteiger partial charge in [-0.2, -0.15) is 0 Å². The fourth-order valence-electron chi connectivity index (χ4n) is 2.69. The highest BCUT2D eigenvalue weighted by Crippen LogP contribution is 2.23. The Balaban J connectivity index is 1.86. The summed E-state index contributed by atoms with van der Waals surface area (Å²) in [5, 5.41) is 6.15. The molecule has 3 aromatic rings. The lowest BCUT2D eigenvalue weighted by Crippen LogP contribution is -2.27. The summed E-state index contributed by atoms with van der Waals surface area (Å²) in [6.45, 7) is 4.09. The molecule has 132 valence electrons. The molecular formula is C22H21FN2O. The van der Waals surface area contributed by atoms with Crippen LogP contribution in [0.25, 0.3) is 0 Å². The van der Waals surface area contributed by atoms with Gasteiger partial charge in [-0.15, -0.1) is 0 Å². The monoisotopic (exact) mass is 348 g/mol. The Labute approximate surface area is 152 Å².